The fraction of sp³-hybridized carbons (Fsp3) is 0.625. The van der Waals surface area contributed by atoms with Crippen LogP contribution in [0, 0.1) is 5.92 Å². The van der Waals surface area contributed by atoms with Crippen LogP contribution in [0.25, 0.3) is 0 Å². The molecule has 2 aromatic rings. The molecule has 1 atom stereocenters. The summed E-state index contributed by atoms with van der Waals surface area (Å²) in [6.07, 6.45) is 0.0961. The van der Waals surface area contributed by atoms with E-state index in [2.05, 4.69) is 40.1 Å². The Balaban J connectivity index is 1.63. The van der Waals surface area contributed by atoms with E-state index in [0.29, 0.717) is 11.6 Å². The fourth-order valence-corrected chi connectivity index (χ4v) is 2.99. The summed E-state index contributed by atoms with van der Waals surface area (Å²) in [7, 11) is 0. The molecule has 0 fully saturated rings. The van der Waals surface area contributed by atoms with Crippen molar-refractivity contribution in [3.8, 4) is 0 Å². The topological polar surface area (TPSA) is 90.2 Å². The van der Waals surface area contributed by atoms with Gasteiger partial charge in [-0.2, -0.15) is 10.2 Å². The Labute approximate surface area is 135 Å². The van der Waals surface area contributed by atoms with Crippen LogP contribution >= 0.6 is 0 Å². The number of fused-ring (bicyclic) bond motifs is 1. The molecule has 1 aliphatic heterocycles. The quantitative estimate of drug-likeness (QED) is 0.734. The molecular weight excluding hydrogens is 294 g/mol. The smallest absolute Gasteiger partial charge is 0.121 e. The average molecular weight is 319 g/mol. The summed E-state index contributed by atoms with van der Waals surface area (Å²) in [6, 6.07) is 4.02. The molecule has 0 radical (unpaired) electrons. The van der Waals surface area contributed by atoms with Crippen LogP contribution in [0.4, 0.5) is 0 Å². The first-order chi connectivity index (χ1) is 11.0. The lowest BCUT2D eigenvalue weighted by molar-refractivity contribution is 0.0915. The maximum atomic E-state index is 9.70. The third kappa shape index (κ3) is 3.80. The minimum atomic E-state index is -0.896. The van der Waals surface area contributed by atoms with Crippen molar-refractivity contribution < 1.29 is 10.2 Å². The van der Waals surface area contributed by atoms with E-state index < -0.39 is 6.10 Å². The molecule has 7 heteroatoms. The maximum absolute atomic E-state index is 9.70. The SMILES string of the molecule is CC(C)Cc1cc(CN2CCn3nc([C@H](O)CO)cc3C2)[nH]n1. The zero-order valence-corrected chi connectivity index (χ0v) is 13.7. The van der Waals surface area contributed by atoms with Gasteiger partial charge in [-0.25, -0.2) is 0 Å². The molecule has 3 rings (SSSR count). The zero-order valence-electron chi connectivity index (χ0n) is 13.7. The van der Waals surface area contributed by atoms with Gasteiger partial charge in [0.05, 0.1) is 30.2 Å². The van der Waals surface area contributed by atoms with E-state index in [9.17, 15) is 5.11 Å². The Hall–Kier alpha value is -1.70. The van der Waals surface area contributed by atoms with E-state index in [1.54, 1.807) is 0 Å². The van der Waals surface area contributed by atoms with E-state index in [-0.39, 0.29) is 6.61 Å². The third-order valence-electron chi connectivity index (χ3n) is 4.11. The molecule has 0 aliphatic carbocycles. The Morgan fingerprint density at radius 2 is 2.13 bits per heavy atom. The second kappa shape index (κ2) is 6.82. The van der Waals surface area contributed by atoms with E-state index >= 15 is 0 Å². The zero-order chi connectivity index (χ0) is 16.4. The number of nitrogens with one attached hydrogen (secondary N) is 1. The summed E-state index contributed by atoms with van der Waals surface area (Å²) in [6.45, 7) is 7.39. The van der Waals surface area contributed by atoms with Crippen molar-refractivity contribution in [1.82, 2.24) is 24.9 Å². The summed E-state index contributed by atoms with van der Waals surface area (Å²) in [5.74, 6) is 0.604. The summed E-state index contributed by atoms with van der Waals surface area (Å²) in [5, 5.41) is 30.6. The summed E-state index contributed by atoms with van der Waals surface area (Å²) in [5.41, 5.74) is 3.86. The second-order valence-electron chi connectivity index (χ2n) is 6.68. The van der Waals surface area contributed by atoms with Gasteiger partial charge in [0.15, 0.2) is 0 Å². The minimum Gasteiger partial charge on any atom is -0.393 e. The maximum Gasteiger partial charge on any atom is 0.121 e. The molecule has 0 bridgehead atoms. The highest BCUT2D eigenvalue weighted by Crippen LogP contribution is 2.19. The lowest BCUT2D eigenvalue weighted by Crippen LogP contribution is -2.33. The third-order valence-corrected chi connectivity index (χ3v) is 4.11. The number of aromatic amines is 1. The number of aliphatic hydroxyl groups is 2. The largest absolute Gasteiger partial charge is 0.393 e. The van der Waals surface area contributed by atoms with Gasteiger partial charge in [-0.05, 0) is 24.5 Å². The summed E-state index contributed by atoms with van der Waals surface area (Å²) < 4.78 is 1.92. The molecule has 0 unspecified atom stereocenters. The van der Waals surface area contributed by atoms with Crippen LogP contribution in [0.3, 0.4) is 0 Å². The molecule has 0 aromatic carbocycles. The van der Waals surface area contributed by atoms with Crippen molar-refractivity contribution in [1.29, 1.82) is 0 Å². The molecule has 0 amide bonds. The van der Waals surface area contributed by atoms with Crippen LogP contribution in [-0.2, 0) is 26.1 Å². The van der Waals surface area contributed by atoms with Crippen LogP contribution < -0.4 is 0 Å². The minimum absolute atomic E-state index is 0.299. The molecule has 0 saturated heterocycles. The van der Waals surface area contributed by atoms with Crippen molar-refractivity contribution in [3.63, 3.8) is 0 Å². The lowest BCUT2D eigenvalue weighted by atomic mass is 10.1. The van der Waals surface area contributed by atoms with Gasteiger partial charge >= 0.3 is 0 Å². The number of rotatable bonds is 6. The van der Waals surface area contributed by atoms with Crippen molar-refractivity contribution in [2.24, 2.45) is 5.92 Å². The molecule has 0 saturated carbocycles. The molecule has 3 heterocycles. The van der Waals surface area contributed by atoms with E-state index in [1.165, 1.54) is 0 Å². The molecule has 2 aromatic heterocycles. The van der Waals surface area contributed by atoms with Crippen LogP contribution in [0.2, 0.25) is 0 Å². The molecule has 126 valence electrons. The van der Waals surface area contributed by atoms with Gasteiger partial charge in [0.25, 0.3) is 0 Å². The number of nitrogens with zero attached hydrogens (tertiary/aromatic N) is 4. The van der Waals surface area contributed by atoms with Crippen molar-refractivity contribution in [3.05, 3.63) is 34.9 Å². The highest BCUT2D eigenvalue weighted by atomic mass is 16.3. The Kier molecular flexibility index (Phi) is 4.79. The second-order valence-corrected chi connectivity index (χ2v) is 6.68. The van der Waals surface area contributed by atoms with Crippen molar-refractivity contribution in [2.45, 2.75) is 46.0 Å². The number of hydrogen-bond donors (Lipinski definition) is 3. The van der Waals surface area contributed by atoms with Crippen LogP contribution in [0.5, 0.6) is 0 Å². The van der Waals surface area contributed by atoms with Gasteiger partial charge in [0.2, 0.25) is 0 Å². The normalized spacial score (nSPS) is 16.7. The predicted molar refractivity (Wildman–Crippen MR) is 85.5 cm³/mol. The molecule has 7 nitrogen and oxygen atoms in total. The highest BCUT2D eigenvalue weighted by molar-refractivity contribution is 5.15. The Morgan fingerprint density at radius 3 is 2.87 bits per heavy atom. The van der Waals surface area contributed by atoms with Crippen molar-refractivity contribution >= 4 is 0 Å². The lowest BCUT2D eigenvalue weighted by Gasteiger charge is -2.26. The van der Waals surface area contributed by atoms with Crippen LogP contribution in [0.1, 0.15) is 42.7 Å². The molecule has 23 heavy (non-hydrogen) atoms. The first-order valence-electron chi connectivity index (χ1n) is 8.16. The summed E-state index contributed by atoms with van der Waals surface area (Å²) >= 11 is 0. The first-order valence-corrected chi connectivity index (χ1v) is 8.16. The highest BCUT2D eigenvalue weighted by Gasteiger charge is 2.21. The average Bonchev–Trinajstić information content (AvgIpc) is 3.12. The van der Waals surface area contributed by atoms with Crippen LogP contribution in [-0.4, -0.2) is 48.2 Å². The van der Waals surface area contributed by atoms with Gasteiger partial charge in [-0.15, -0.1) is 0 Å². The van der Waals surface area contributed by atoms with E-state index in [0.717, 1.165) is 49.7 Å². The van der Waals surface area contributed by atoms with Gasteiger partial charge in [0.1, 0.15) is 6.10 Å². The predicted octanol–water partition coefficient (Wildman–Crippen LogP) is 0.846. The first kappa shape index (κ1) is 16.2. The number of aliphatic hydroxyl groups excluding tert-OH is 2. The van der Waals surface area contributed by atoms with Gasteiger partial charge in [0, 0.05) is 25.3 Å². The van der Waals surface area contributed by atoms with E-state index in [1.807, 2.05) is 10.7 Å². The van der Waals surface area contributed by atoms with Crippen LogP contribution in [0.15, 0.2) is 12.1 Å². The monoisotopic (exact) mass is 319 g/mol. The molecular formula is C16H25N5O2. The summed E-state index contributed by atoms with van der Waals surface area (Å²) in [4.78, 5) is 2.33. The number of H-pyrrole nitrogens is 1. The molecule has 0 spiro atoms. The Morgan fingerprint density at radius 1 is 1.30 bits per heavy atom. The number of hydrogen-bond acceptors (Lipinski definition) is 5. The van der Waals surface area contributed by atoms with Crippen molar-refractivity contribution in [2.75, 3.05) is 13.2 Å². The standard InChI is InChI=1S/C16H25N5O2/c1-11(2)5-12-6-13(18-17-12)8-20-3-4-21-14(9-20)7-15(19-21)16(23)10-22/h6-7,11,16,22-23H,3-5,8-10H2,1-2H3,(H,17,18)/t16-/m1/s1. The van der Waals surface area contributed by atoms with E-state index in [4.69, 9.17) is 5.11 Å². The van der Waals surface area contributed by atoms with Gasteiger partial charge in [-0.1, -0.05) is 13.8 Å². The molecule has 1 aliphatic rings. The molecule has 3 N–H and O–H groups in total. The number of aromatic nitrogens is 4. The Bertz CT molecular complexity index is 649. The van der Waals surface area contributed by atoms with Gasteiger partial charge < -0.3 is 10.2 Å². The van der Waals surface area contributed by atoms with Gasteiger partial charge in [-0.3, -0.25) is 14.7 Å². The fourth-order valence-electron chi connectivity index (χ4n) is 2.99.